The number of halogens is 1. The van der Waals surface area contributed by atoms with Crippen LogP contribution >= 0.6 is 15.9 Å². The normalized spacial score (nSPS) is 10.2. The van der Waals surface area contributed by atoms with Crippen LogP contribution in [-0.4, -0.2) is 10.9 Å². The molecule has 0 aliphatic rings. The smallest absolute Gasteiger partial charge is 0.224 e. The molecule has 1 aromatic carbocycles. The van der Waals surface area contributed by atoms with Gasteiger partial charge in [-0.2, -0.15) is 0 Å². The van der Waals surface area contributed by atoms with Crippen molar-refractivity contribution in [3.05, 3.63) is 63.9 Å². The van der Waals surface area contributed by atoms with E-state index in [0.29, 0.717) is 13.0 Å². The van der Waals surface area contributed by atoms with E-state index in [4.69, 9.17) is 0 Å². The molecular weight excluding hydrogens is 304 g/mol. The van der Waals surface area contributed by atoms with Crippen molar-refractivity contribution in [1.29, 1.82) is 0 Å². The fourth-order valence-electron chi connectivity index (χ4n) is 1.77. The van der Waals surface area contributed by atoms with Crippen LogP contribution in [-0.2, 0) is 17.8 Å². The highest BCUT2D eigenvalue weighted by molar-refractivity contribution is 9.10. The molecule has 0 aliphatic heterocycles. The minimum Gasteiger partial charge on any atom is -0.352 e. The van der Waals surface area contributed by atoms with Crippen LogP contribution in [0, 0.1) is 6.92 Å². The molecule has 0 unspecified atom stereocenters. The number of nitrogens with zero attached hydrogens (tertiary/aromatic N) is 1. The molecule has 0 bridgehead atoms. The summed E-state index contributed by atoms with van der Waals surface area (Å²) in [6, 6.07) is 9.77. The average molecular weight is 319 g/mol. The van der Waals surface area contributed by atoms with E-state index in [2.05, 4.69) is 26.2 Å². The van der Waals surface area contributed by atoms with E-state index in [1.807, 2.05) is 37.3 Å². The van der Waals surface area contributed by atoms with E-state index in [-0.39, 0.29) is 5.91 Å². The van der Waals surface area contributed by atoms with E-state index < -0.39 is 0 Å². The minimum absolute atomic E-state index is 0.0186. The number of amides is 1. The van der Waals surface area contributed by atoms with Gasteiger partial charge in [0.2, 0.25) is 5.91 Å². The van der Waals surface area contributed by atoms with Crippen molar-refractivity contribution >= 4 is 21.8 Å². The van der Waals surface area contributed by atoms with Crippen LogP contribution in [0.1, 0.15) is 16.7 Å². The summed E-state index contributed by atoms with van der Waals surface area (Å²) in [5.41, 5.74) is 3.17. The number of hydrogen-bond donors (Lipinski definition) is 1. The van der Waals surface area contributed by atoms with Gasteiger partial charge in [-0.15, -0.1) is 0 Å². The maximum atomic E-state index is 11.9. The van der Waals surface area contributed by atoms with Gasteiger partial charge in [0, 0.05) is 23.4 Å². The van der Waals surface area contributed by atoms with Gasteiger partial charge < -0.3 is 5.32 Å². The predicted molar refractivity (Wildman–Crippen MR) is 78.7 cm³/mol. The summed E-state index contributed by atoms with van der Waals surface area (Å²) < 4.78 is 0.994. The summed E-state index contributed by atoms with van der Waals surface area (Å²) in [6.45, 7) is 2.52. The van der Waals surface area contributed by atoms with Crippen LogP contribution in [0.15, 0.2) is 47.2 Å². The van der Waals surface area contributed by atoms with E-state index in [9.17, 15) is 4.79 Å². The first-order valence-electron chi connectivity index (χ1n) is 6.06. The minimum atomic E-state index is 0.0186. The Morgan fingerprint density at radius 1 is 1.37 bits per heavy atom. The van der Waals surface area contributed by atoms with Gasteiger partial charge in [0.15, 0.2) is 0 Å². The van der Waals surface area contributed by atoms with Crippen molar-refractivity contribution in [2.75, 3.05) is 0 Å². The molecule has 1 heterocycles. The first-order valence-corrected chi connectivity index (χ1v) is 6.85. The Bertz CT molecular complexity index is 570. The van der Waals surface area contributed by atoms with Crippen molar-refractivity contribution in [3.63, 3.8) is 0 Å². The van der Waals surface area contributed by atoms with Gasteiger partial charge in [-0.1, -0.05) is 28.1 Å². The lowest BCUT2D eigenvalue weighted by molar-refractivity contribution is -0.120. The number of benzene rings is 1. The van der Waals surface area contributed by atoms with E-state index >= 15 is 0 Å². The number of aromatic nitrogens is 1. The second-order valence-electron chi connectivity index (χ2n) is 4.39. The molecule has 2 rings (SSSR count). The first kappa shape index (κ1) is 13.7. The molecule has 0 radical (unpaired) electrons. The van der Waals surface area contributed by atoms with Crippen LogP contribution < -0.4 is 5.32 Å². The Kier molecular flexibility index (Phi) is 4.68. The van der Waals surface area contributed by atoms with Gasteiger partial charge in [0.05, 0.1) is 6.42 Å². The molecule has 4 heteroatoms. The maximum absolute atomic E-state index is 11.9. The van der Waals surface area contributed by atoms with Crippen molar-refractivity contribution in [2.45, 2.75) is 19.9 Å². The number of rotatable bonds is 4. The summed E-state index contributed by atoms with van der Waals surface area (Å²) in [4.78, 5) is 15.9. The number of pyridine rings is 1. The molecule has 0 aliphatic carbocycles. The van der Waals surface area contributed by atoms with Gasteiger partial charge in [0.25, 0.3) is 0 Å². The number of carbonyl (C=O) groups is 1. The largest absolute Gasteiger partial charge is 0.352 e. The lowest BCUT2D eigenvalue weighted by Crippen LogP contribution is -2.24. The third kappa shape index (κ3) is 4.17. The number of aryl methyl sites for hydroxylation is 1. The van der Waals surface area contributed by atoms with E-state index in [0.717, 1.165) is 21.2 Å². The van der Waals surface area contributed by atoms with Gasteiger partial charge in [-0.05, 0) is 41.8 Å². The third-order valence-electron chi connectivity index (χ3n) is 2.87. The highest BCUT2D eigenvalue weighted by atomic mass is 79.9. The van der Waals surface area contributed by atoms with Gasteiger partial charge in [-0.25, -0.2) is 0 Å². The highest BCUT2D eigenvalue weighted by Gasteiger charge is 2.06. The Hall–Kier alpha value is -1.68. The summed E-state index contributed by atoms with van der Waals surface area (Å²) in [5.74, 6) is 0.0186. The zero-order valence-electron chi connectivity index (χ0n) is 10.7. The molecule has 3 nitrogen and oxygen atoms in total. The Labute approximate surface area is 121 Å². The monoisotopic (exact) mass is 318 g/mol. The average Bonchev–Trinajstić information content (AvgIpc) is 2.42. The number of hydrogen-bond acceptors (Lipinski definition) is 2. The molecule has 1 aromatic heterocycles. The van der Waals surface area contributed by atoms with Crippen molar-refractivity contribution < 1.29 is 4.79 Å². The lowest BCUT2D eigenvalue weighted by atomic mass is 10.1. The summed E-state index contributed by atoms with van der Waals surface area (Å²) in [6.07, 6.45) is 3.87. The topological polar surface area (TPSA) is 42.0 Å². The third-order valence-corrected chi connectivity index (χ3v) is 3.37. The Morgan fingerprint density at radius 3 is 2.95 bits per heavy atom. The second kappa shape index (κ2) is 6.48. The molecule has 0 saturated heterocycles. The molecule has 0 fully saturated rings. The predicted octanol–water partition coefficient (Wildman–Crippen LogP) is 3.01. The van der Waals surface area contributed by atoms with Crippen LogP contribution in [0.5, 0.6) is 0 Å². The molecule has 1 amide bonds. The Morgan fingerprint density at radius 2 is 2.21 bits per heavy atom. The Balaban J connectivity index is 1.93. The molecule has 0 spiro atoms. The molecule has 2 aromatic rings. The molecule has 0 saturated carbocycles. The quantitative estimate of drug-likeness (QED) is 0.941. The van der Waals surface area contributed by atoms with Crippen LogP contribution in [0.4, 0.5) is 0 Å². The lowest BCUT2D eigenvalue weighted by Gasteiger charge is -2.08. The highest BCUT2D eigenvalue weighted by Crippen LogP contribution is 2.16. The summed E-state index contributed by atoms with van der Waals surface area (Å²) in [7, 11) is 0. The first-order chi connectivity index (χ1) is 9.15. The standard InChI is InChI=1S/C15H15BrN2O/c1-11-4-5-14(16)7-13(11)8-15(19)18-10-12-3-2-6-17-9-12/h2-7,9H,8,10H2,1H3,(H,18,19). The van der Waals surface area contributed by atoms with Crippen LogP contribution in [0.25, 0.3) is 0 Å². The van der Waals surface area contributed by atoms with Crippen molar-refractivity contribution in [1.82, 2.24) is 10.3 Å². The van der Waals surface area contributed by atoms with E-state index in [1.54, 1.807) is 12.4 Å². The second-order valence-corrected chi connectivity index (χ2v) is 5.30. The summed E-state index contributed by atoms with van der Waals surface area (Å²) in [5, 5.41) is 2.90. The molecule has 1 N–H and O–H groups in total. The number of carbonyl (C=O) groups excluding carboxylic acids is 1. The molecule has 0 atom stereocenters. The van der Waals surface area contributed by atoms with Crippen LogP contribution in [0.3, 0.4) is 0 Å². The zero-order chi connectivity index (χ0) is 13.7. The maximum Gasteiger partial charge on any atom is 0.224 e. The van der Waals surface area contributed by atoms with Gasteiger partial charge >= 0.3 is 0 Å². The van der Waals surface area contributed by atoms with E-state index in [1.165, 1.54) is 0 Å². The molecule has 19 heavy (non-hydrogen) atoms. The van der Waals surface area contributed by atoms with Crippen molar-refractivity contribution in [2.24, 2.45) is 0 Å². The van der Waals surface area contributed by atoms with Crippen LogP contribution in [0.2, 0.25) is 0 Å². The molecule has 98 valence electrons. The van der Waals surface area contributed by atoms with Gasteiger partial charge in [-0.3, -0.25) is 9.78 Å². The van der Waals surface area contributed by atoms with Crippen molar-refractivity contribution in [3.8, 4) is 0 Å². The number of nitrogens with one attached hydrogen (secondary N) is 1. The fourth-order valence-corrected chi connectivity index (χ4v) is 2.18. The molecular formula is C15H15BrN2O. The SMILES string of the molecule is Cc1ccc(Br)cc1CC(=O)NCc1cccnc1. The fraction of sp³-hybridized carbons (Fsp3) is 0.200. The summed E-state index contributed by atoms with van der Waals surface area (Å²) >= 11 is 3.42. The van der Waals surface area contributed by atoms with Gasteiger partial charge in [0.1, 0.15) is 0 Å². The zero-order valence-corrected chi connectivity index (χ0v) is 12.3.